The van der Waals surface area contributed by atoms with E-state index in [-0.39, 0.29) is 32.7 Å². The van der Waals surface area contributed by atoms with Gasteiger partial charge in [0, 0.05) is 50.0 Å². The minimum atomic E-state index is -1.39. The van der Waals surface area contributed by atoms with E-state index in [1.807, 2.05) is 12.1 Å². The largest absolute Gasteiger partial charge is 0.540 e. The molecule has 2 aliphatic heterocycles. The van der Waals surface area contributed by atoms with Crippen molar-refractivity contribution in [3.05, 3.63) is 37.0 Å². The Morgan fingerprint density at radius 2 is 2.00 bits per heavy atom. The number of piperidine rings is 1. The van der Waals surface area contributed by atoms with E-state index in [0.717, 1.165) is 29.5 Å². The molecule has 4 nitrogen and oxygen atoms in total. The van der Waals surface area contributed by atoms with Crippen LogP contribution in [-0.2, 0) is 32.7 Å². The molecule has 1 N–H and O–H groups in total. The molecule has 0 aliphatic carbocycles. The van der Waals surface area contributed by atoms with Gasteiger partial charge in [0.05, 0.1) is 16.4 Å². The minimum absolute atomic E-state index is 0. The molecule has 0 amide bonds. The number of hydrogen-bond donors (Lipinski definition) is 1. The average molecular weight is 493 g/mol. The molecule has 1 saturated heterocycles. The molecule has 0 aromatic heterocycles. The van der Waals surface area contributed by atoms with Crippen molar-refractivity contribution in [2.75, 3.05) is 43.1 Å². The number of hydrogen-bond acceptors (Lipinski definition) is 5. The van der Waals surface area contributed by atoms with Gasteiger partial charge in [0.1, 0.15) is 0 Å². The van der Waals surface area contributed by atoms with Crippen molar-refractivity contribution in [2.45, 2.75) is 19.3 Å². The molecule has 1 aromatic carbocycles. The van der Waals surface area contributed by atoms with E-state index >= 15 is 0 Å². The van der Waals surface area contributed by atoms with Crippen molar-refractivity contribution in [3.63, 3.8) is 0 Å². The molecule has 0 spiro atoms. The predicted molar refractivity (Wildman–Crippen MR) is 115 cm³/mol. The third kappa shape index (κ3) is 5.95. The zero-order valence-corrected chi connectivity index (χ0v) is 20.9. The maximum absolute atomic E-state index is 6.56. The van der Waals surface area contributed by atoms with Crippen molar-refractivity contribution in [1.29, 1.82) is 0 Å². The first-order valence-corrected chi connectivity index (χ1v) is 12.0. The SMILES string of the molecule is CN(C)SC1=CS(C)(Nc2cccc(Cl)c2N2CCCCC2)[N-]S1.[Y]. The van der Waals surface area contributed by atoms with E-state index in [9.17, 15) is 0 Å². The summed E-state index contributed by atoms with van der Waals surface area (Å²) in [6.07, 6.45) is 5.97. The van der Waals surface area contributed by atoms with Gasteiger partial charge in [0.25, 0.3) is 0 Å². The Morgan fingerprint density at radius 1 is 1.28 bits per heavy atom. The Kier molecular flexibility index (Phi) is 8.81. The van der Waals surface area contributed by atoms with E-state index < -0.39 is 10.4 Å². The predicted octanol–water partition coefficient (Wildman–Crippen LogP) is 6.05. The van der Waals surface area contributed by atoms with Crippen LogP contribution in [0.2, 0.25) is 5.02 Å². The molecule has 1 fully saturated rings. The Morgan fingerprint density at radius 3 is 2.68 bits per heavy atom. The number of anilines is 2. The molecule has 0 bridgehead atoms. The Labute approximate surface area is 192 Å². The zero-order valence-electron chi connectivity index (χ0n) is 14.9. The number of halogens is 1. The molecule has 2 aliphatic rings. The Hall–Kier alpha value is 0.924. The van der Waals surface area contributed by atoms with Crippen molar-refractivity contribution >= 4 is 57.3 Å². The van der Waals surface area contributed by atoms with Crippen molar-refractivity contribution in [1.82, 2.24) is 4.31 Å². The van der Waals surface area contributed by atoms with Crippen LogP contribution < -0.4 is 9.62 Å². The third-order valence-electron chi connectivity index (χ3n) is 3.86. The van der Waals surface area contributed by atoms with Crippen molar-refractivity contribution < 1.29 is 32.7 Å². The van der Waals surface area contributed by atoms with Crippen LogP contribution in [-0.4, -0.2) is 37.7 Å². The maximum atomic E-state index is 6.56. The van der Waals surface area contributed by atoms with Gasteiger partial charge in [-0.1, -0.05) is 17.7 Å². The van der Waals surface area contributed by atoms with E-state index in [1.54, 1.807) is 23.9 Å². The third-order valence-corrected chi connectivity index (χ3v) is 8.73. The van der Waals surface area contributed by atoms with E-state index in [2.05, 4.69) is 45.8 Å². The summed E-state index contributed by atoms with van der Waals surface area (Å²) in [4.78, 5) is 2.41. The van der Waals surface area contributed by atoms with E-state index in [4.69, 9.17) is 15.7 Å². The van der Waals surface area contributed by atoms with Gasteiger partial charge in [-0.2, -0.15) is 0 Å². The Balaban J connectivity index is 0.00000225. The van der Waals surface area contributed by atoms with Crippen molar-refractivity contribution in [2.24, 2.45) is 0 Å². The number of benzene rings is 1. The van der Waals surface area contributed by atoms with Crippen LogP contribution in [0.15, 0.2) is 27.8 Å². The summed E-state index contributed by atoms with van der Waals surface area (Å²) in [5, 5.41) is 3.09. The van der Waals surface area contributed by atoms with Crippen LogP contribution in [0.25, 0.3) is 4.13 Å². The molecule has 9 heteroatoms. The summed E-state index contributed by atoms with van der Waals surface area (Å²) in [5.41, 5.74) is 2.23. The molecule has 137 valence electrons. The average Bonchev–Trinajstić information content (AvgIpc) is 2.88. The first-order valence-electron chi connectivity index (χ1n) is 8.03. The van der Waals surface area contributed by atoms with Gasteiger partial charge in [-0.3, -0.25) is 4.31 Å². The van der Waals surface area contributed by atoms with Gasteiger partial charge in [0.2, 0.25) is 0 Å². The normalized spacial score (nSPS) is 26.0. The molecule has 0 saturated carbocycles. The van der Waals surface area contributed by atoms with E-state index in [0.29, 0.717) is 0 Å². The minimum Gasteiger partial charge on any atom is -0.540 e. The maximum Gasteiger partial charge on any atom is 0.0798 e. The monoisotopic (exact) mass is 492 g/mol. The first-order chi connectivity index (χ1) is 11.5. The summed E-state index contributed by atoms with van der Waals surface area (Å²) >= 11 is 9.85. The van der Waals surface area contributed by atoms with Crippen LogP contribution >= 0.6 is 45.9 Å². The van der Waals surface area contributed by atoms with Gasteiger partial charge < -0.3 is 13.7 Å². The number of nitrogens with one attached hydrogen (secondary N) is 1. The summed E-state index contributed by atoms with van der Waals surface area (Å²) in [5.74, 6) is 0. The van der Waals surface area contributed by atoms with Crippen LogP contribution in [0, 0.1) is 0 Å². The topological polar surface area (TPSA) is 32.6 Å². The summed E-state index contributed by atoms with van der Waals surface area (Å²) in [6.45, 7) is 2.15. The fraction of sp³-hybridized carbons (Fsp3) is 0.500. The molecule has 3 rings (SSSR count). The van der Waals surface area contributed by atoms with Gasteiger partial charge in [-0.25, -0.2) is 22.3 Å². The molecule has 1 atom stereocenters. The molecular formula is C16H24ClN4S3Y-. The second-order valence-corrected chi connectivity index (χ2v) is 11.8. The molecule has 1 unspecified atom stereocenters. The zero-order chi connectivity index (χ0) is 17.2. The van der Waals surface area contributed by atoms with Crippen LogP contribution in [0.3, 0.4) is 0 Å². The number of rotatable bonds is 5. The van der Waals surface area contributed by atoms with Gasteiger partial charge in [-0.15, -0.1) is 0 Å². The number of para-hydroxylation sites is 1. The summed E-state index contributed by atoms with van der Waals surface area (Å²) in [6, 6.07) is 6.12. The Bertz CT molecular complexity index is 625. The molecule has 25 heavy (non-hydrogen) atoms. The van der Waals surface area contributed by atoms with E-state index in [1.165, 1.54) is 23.5 Å². The molecule has 2 heterocycles. The summed E-state index contributed by atoms with van der Waals surface area (Å²) < 4.78 is 11.8. The molecular weight excluding hydrogens is 469 g/mol. The molecule has 1 aromatic rings. The second-order valence-electron chi connectivity index (χ2n) is 6.23. The molecule has 1 radical (unpaired) electrons. The van der Waals surface area contributed by atoms with Gasteiger partial charge in [-0.05, 0) is 69.1 Å². The fourth-order valence-corrected chi connectivity index (χ4v) is 8.12. The van der Waals surface area contributed by atoms with Crippen LogP contribution in [0.1, 0.15) is 19.3 Å². The standard InChI is InChI=1S/C16H24ClN4S3.Y/c1-20(2)23-15-12-24(3,19-22-15)18-14-9-7-8-13(17)16(14)21-10-5-4-6-11-21;/h7-9,12,18H,4-6,10-11H2,1-3H3;/q-1;. The second kappa shape index (κ2) is 9.92. The van der Waals surface area contributed by atoms with Crippen molar-refractivity contribution in [3.8, 4) is 0 Å². The smallest absolute Gasteiger partial charge is 0.0798 e. The fourth-order valence-electron chi connectivity index (χ4n) is 2.87. The van der Waals surface area contributed by atoms with Crippen LogP contribution in [0.4, 0.5) is 11.4 Å². The number of nitrogens with zero attached hydrogens (tertiary/aromatic N) is 3. The van der Waals surface area contributed by atoms with Gasteiger partial charge in [0.15, 0.2) is 0 Å². The summed E-state index contributed by atoms with van der Waals surface area (Å²) in [7, 11) is 2.72. The van der Waals surface area contributed by atoms with Crippen LogP contribution in [0.5, 0.6) is 0 Å². The first kappa shape index (κ1) is 22.2. The quantitative estimate of drug-likeness (QED) is 0.506. The van der Waals surface area contributed by atoms with Gasteiger partial charge >= 0.3 is 0 Å².